The molecule has 0 unspecified atom stereocenters. The maximum Gasteiger partial charge on any atom is 0.421 e. The molecular formula is C12H24N2O2. The van der Waals surface area contributed by atoms with E-state index in [1.807, 2.05) is 0 Å². The largest absolute Gasteiger partial charge is 0.464 e. The summed E-state index contributed by atoms with van der Waals surface area (Å²) in [7, 11) is 0. The summed E-state index contributed by atoms with van der Waals surface area (Å²) in [5, 5.41) is 9.44. The van der Waals surface area contributed by atoms with Crippen molar-refractivity contribution >= 4 is 6.09 Å². The van der Waals surface area contributed by atoms with Crippen molar-refractivity contribution in [1.29, 1.82) is 0 Å². The van der Waals surface area contributed by atoms with Crippen LogP contribution in [0.1, 0.15) is 51.9 Å². The van der Waals surface area contributed by atoms with Gasteiger partial charge in [-0.15, -0.1) is 0 Å². The van der Waals surface area contributed by atoms with Crippen LogP contribution in [0, 0.1) is 11.8 Å². The second-order valence-corrected chi connectivity index (χ2v) is 5.10. The Morgan fingerprint density at radius 1 is 1.31 bits per heavy atom. The highest BCUT2D eigenvalue weighted by Gasteiger charge is 2.17. The first kappa shape index (κ1) is 13.3. The Hall–Kier alpha value is -0.770. The van der Waals surface area contributed by atoms with Gasteiger partial charge in [0.15, 0.2) is 0 Å². The zero-order chi connectivity index (χ0) is 12.0. The van der Waals surface area contributed by atoms with Crippen molar-refractivity contribution in [3.05, 3.63) is 0 Å². The molecule has 0 aliphatic heterocycles. The van der Waals surface area contributed by atoms with Crippen LogP contribution in [-0.2, 0) is 0 Å². The molecule has 1 rings (SSSR count). The summed E-state index contributed by atoms with van der Waals surface area (Å²) in [6.45, 7) is 2.79. The van der Waals surface area contributed by atoms with Gasteiger partial charge in [-0.3, -0.25) is 0 Å². The van der Waals surface area contributed by atoms with E-state index < -0.39 is 6.09 Å². The maximum atomic E-state index is 10.4. The molecule has 4 heteroatoms. The van der Waals surface area contributed by atoms with Crippen molar-refractivity contribution in [3.8, 4) is 0 Å². The zero-order valence-electron chi connectivity index (χ0n) is 10.2. The number of rotatable bonds is 5. The first-order chi connectivity index (χ1) is 7.59. The molecule has 3 N–H and O–H groups in total. The minimum Gasteiger partial charge on any atom is -0.464 e. The third-order valence-corrected chi connectivity index (χ3v) is 3.64. The topological polar surface area (TPSA) is 66.6 Å². The molecule has 0 spiro atoms. The van der Waals surface area contributed by atoms with Crippen molar-refractivity contribution in [2.45, 2.75) is 51.9 Å². The Labute approximate surface area is 97.8 Å². The molecule has 0 aromatic rings. The molecule has 0 atom stereocenters. The zero-order valence-corrected chi connectivity index (χ0v) is 10.2. The molecule has 0 radical (unpaired) electrons. The van der Waals surface area contributed by atoms with E-state index in [2.05, 4.69) is 6.92 Å². The monoisotopic (exact) mass is 228 g/mol. The summed E-state index contributed by atoms with van der Waals surface area (Å²) in [6, 6.07) is 0. The number of carbonyl (C=O) groups is 1. The number of unbranched alkanes of at least 4 members (excludes halogenated alkanes) is 1. The fourth-order valence-electron chi connectivity index (χ4n) is 2.43. The number of hydrogen-bond acceptors (Lipinski definition) is 2. The van der Waals surface area contributed by atoms with Crippen molar-refractivity contribution in [1.82, 2.24) is 5.01 Å². The summed E-state index contributed by atoms with van der Waals surface area (Å²) in [5.74, 6) is 7.06. The molecular weight excluding hydrogens is 204 g/mol. The second kappa shape index (κ2) is 6.74. The average Bonchev–Trinajstić information content (AvgIpc) is 2.26. The van der Waals surface area contributed by atoms with Gasteiger partial charge in [0.25, 0.3) is 0 Å². The van der Waals surface area contributed by atoms with Crippen LogP contribution in [0.15, 0.2) is 0 Å². The van der Waals surface area contributed by atoms with E-state index in [1.54, 1.807) is 0 Å². The molecule has 0 heterocycles. The van der Waals surface area contributed by atoms with Crippen LogP contribution in [-0.4, -0.2) is 22.8 Å². The van der Waals surface area contributed by atoms with Gasteiger partial charge in [0, 0.05) is 6.54 Å². The minimum atomic E-state index is -1.04. The standard InChI is InChI=1S/C12H24N2O2/c1-10-5-7-11(8-6-10)4-2-3-9-14(13)12(15)16/h10-11H,2-9,13H2,1H3,(H,15,16). The predicted octanol–water partition coefficient (Wildman–Crippen LogP) is 2.84. The van der Waals surface area contributed by atoms with Gasteiger partial charge in [0.05, 0.1) is 0 Å². The van der Waals surface area contributed by atoms with E-state index in [-0.39, 0.29) is 0 Å². The van der Waals surface area contributed by atoms with E-state index in [0.717, 1.165) is 29.7 Å². The van der Waals surface area contributed by atoms with Crippen molar-refractivity contribution < 1.29 is 9.90 Å². The summed E-state index contributed by atoms with van der Waals surface area (Å²) in [5.41, 5.74) is 0. The van der Waals surface area contributed by atoms with Crippen LogP contribution >= 0.6 is 0 Å². The van der Waals surface area contributed by atoms with Crippen LogP contribution in [0.5, 0.6) is 0 Å². The fraction of sp³-hybridized carbons (Fsp3) is 0.917. The first-order valence-corrected chi connectivity index (χ1v) is 6.34. The van der Waals surface area contributed by atoms with Crippen molar-refractivity contribution in [3.63, 3.8) is 0 Å². The first-order valence-electron chi connectivity index (χ1n) is 6.34. The number of carboxylic acid groups (broad SMARTS) is 1. The van der Waals surface area contributed by atoms with E-state index in [0.29, 0.717) is 6.54 Å². The van der Waals surface area contributed by atoms with Crippen LogP contribution in [0.4, 0.5) is 4.79 Å². The van der Waals surface area contributed by atoms with Crippen molar-refractivity contribution in [2.24, 2.45) is 17.7 Å². The highest BCUT2D eigenvalue weighted by atomic mass is 16.4. The predicted molar refractivity (Wildman–Crippen MR) is 63.9 cm³/mol. The lowest BCUT2D eigenvalue weighted by atomic mass is 9.81. The Balaban J connectivity index is 2.01. The number of hydrazine groups is 1. The number of hydrogen-bond donors (Lipinski definition) is 2. The normalized spacial score (nSPS) is 25.4. The van der Waals surface area contributed by atoms with E-state index in [4.69, 9.17) is 10.9 Å². The molecule has 1 fully saturated rings. The fourth-order valence-corrected chi connectivity index (χ4v) is 2.43. The maximum absolute atomic E-state index is 10.4. The number of nitrogens with two attached hydrogens (primary N) is 1. The van der Waals surface area contributed by atoms with Gasteiger partial charge in [-0.25, -0.2) is 15.6 Å². The summed E-state index contributed by atoms with van der Waals surface area (Å²) < 4.78 is 0. The van der Waals surface area contributed by atoms with Gasteiger partial charge in [0.1, 0.15) is 0 Å². The molecule has 94 valence electrons. The lowest BCUT2D eigenvalue weighted by Crippen LogP contribution is -2.36. The van der Waals surface area contributed by atoms with E-state index >= 15 is 0 Å². The molecule has 0 bridgehead atoms. The molecule has 1 amide bonds. The lowest BCUT2D eigenvalue weighted by Gasteiger charge is -2.26. The molecule has 0 aromatic heterocycles. The summed E-state index contributed by atoms with van der Waals surface area (Å²) in [4.78, 5) is 10.4. The molecule has 1 saturated carbocycles. The third kappa shape index (κ3) is 4.84. The van der Waals surface area contributed by atoms with Gasteiger partial charge < -0.3 is 5.11 Å². The SMILES string of the molecule is CC1CCC(CCCCN(N)C(=O)O)CC1. The summed E-state index contributed by atoms with van der Waals surface area (Å²) >= 11 is 0. The Morgan fingerprint density at radius 3 is 2.50 bits per heavy atom. The lowest BCUT2D eigenvalue weighted by molar-refractivity contribution is 0.144. The number of nitrogens with zero attached hydrogens (tertiary/aromatic N) is 1. The highest BCUT2D eigenvalue weighted by Crippen LogP contribution is 2.31. The van der Waals surface area contributed by atoms with Crippen molar-refractivity contribution in [2.75, 3.05) is 6.54 Å². The molecule has 1 aliphatic carbocycles. The molecule has 0 saturated heterocycles. The summed E-state index contributed by atoms with van der Waals surface area (Å²) in [6.07, 6.45) is 7.62. The molecule has 0 aromatic carbocycles. The molecule has 16 heavy (non-hydrogen) atoms. The second-order valence-electron chi connectivity index (χ2n) is 5.10. The van der Waals surface area contributed by atoms with Crippen LogP contribution in [0.2, 0.25) is 0 Å². The molecule has 1 aliphatic rings. The van der Waals surface area contributed by atoms with Gasteiger partial charge in [-0.1, -0.05) is 45.4 Å². The quantitative estimate of drug-likeness (QED) is 0.329. The third-order valence-electron chi connectivity index (χ3n) is 3.64. The van der Waals surface area contributed by atoms with Gasteiger partial charge >= 0.3 is 6.09 Å². The Bertz CT molecular complexity index is 213. The Kier molecular flexibility index (Phi) is 5.60. The number of amides is 1. The van der Waals surface area contributed by atoms with Crippen LogP contribution < -0.4 is 5.84 Å². The molecule has 4 nitrogen and oxygen atoms in total. The van der Waals surface area contributed by atoms with E-state index in [1.165, 1.54) is 32.1 Å². The van der Waals surface area contributed by atoms with Crippen LogP contribution in [0.25, 0.3) is 0 Å². The van der Waals surface area contributed by atoms with Crippen LogP contribution in [0.3, 0.4) is 0 Å². The highest BCUT2D eigenvalue weighted by molar-refractivity contribution is 5.63. The minimum absolute atomic E-state index is 0.457. The Morgan fingerprint density at radius 2 is 1.94 bits per heavy atom. The smallest absolute Gasteiger partial charge is 0.421 e. The van der Waals surface area contributed by atoms with Gasteiger partial charge in [0.2, 0.25) is 0 Å². The van der Waals surface area contributed by atoms with Gasteiger partial charge in [-0.05, 0) is 18.3 Å². The van der Waals surface area contributed by atoms with E-state index in [9.17, 15) is 4.79 Å². The van der Waals surface area contributed by atoms with Gasteiger partial charge in [-0.2, -0.15) is 0 Å². The average molecular weight is 228 g/mol.